The summed E-state index contributed by atoms with van der Waals surface area (Å²) in [5.41, 5.74) is 0.812. The number of rotatable bonds is 10. The molecule has 0 amide bonds. The second-order valence-corrected chi connectivity index (χ2v) is 12.1. The molecule has 0 saturated carbocycles. The number of aryl methyl sites for hydroxylation is 1. The highest BCUT2D eigenvalue weighted by Gasteiger charge is 2.44. The molecule has 0 spiro atoms. The highest BCUT2D eigenvalue weighted by atomic mass is 32.1. The third-order valence-corrected chi connectivity index (χ3v) is 8.54. The fourth-order valence-electron chi connectivity index (χ4n) is 3.83. The van der Waals surface area contributed by atoms with Crippen molar-refractivity contribution in [2.75, 3.05) is 12.8 Å². The van der Waals surface area contributed by atoms with E-state index >= 15 is 0 Å². The molecule has 2 N–H and O–H groups in total. The molecular weight excluding hydrogens is 523 g/mol. The Morgan fingerprint density at radius 3 is 2.56 bits per heavy atom. The second kappa shape index (κ2) is 12.1. The van der Waals surface area contributed by atoms with Crippen LogP contribution in [0.15, 0.2) is 36.5 Å². The number of H-pyrrole nitrogens is 1. The molecule has 1 aliphatic heterocycles. The monoisotopic (exact) mass is 556 g/mol. The molecule has 6 atom stereocenters. The smallest absolute Gasteiger partial charge is 0.380 e. The van der Waals surface area contributed by atoms with E-state index in [2.05, 4.69) is 4.98 Å². The number of nitrogens with zero attached hydrogens (tertiary/aromatic N) is 1. The standard InChI is InChI=1S/C24H33N2O7PS2/c1-14(2)31-23(28)16(4)13-34(29,33-18-9-7-6-8-10-18)30-12-19-20(27)17(5)22(32-19)26-11-15(3)21(35)25-24(26)36/h6-11,14,16-17,19-20,22,27H,12-13H2,1-5H3,(H,25,35,36)/t16-,17-,19+,20?,22+,34-/m1/s1. The van der Waals surface area contributed by atoms with Gasteiger partial charge >= 0.3 is 13.6 Å². The van der Waals surface area contributed by atoms with E-state index in [4.69, 9.17) is 43.0 Å². The minimum Gasteiger partial charge on any atom is -0.463 e. The number of hydrogen-bond acceptors (Lipinski definition) is 9. The number of aliphatic hydroxyl groups excluding tert-OH is 1. The highest BCUT2D eigenvalue weighted by Crippen LogP contribution is 2.51. The number of para-hydroxylation sites is 1. The third kappa shape index (κ3) is 7.12. The zero-order valence-electron chi connectivity index (χ0n) is 21.0. The number of carbonyl (C=O) groups excluding carboxylic acids is 1. The Morgan fingerprint density at radius 1 is 1.25 bits per heavy atom. The van der Waals surface area contributed by atoms with Crippen LogP contribution in [-0.2, 0) is 23.4 Å². The van der Waals surface area contributed by atoms with E-state index in [1.165, 1.54) is 0 Å². The fraction of sp³-hybridized carbons (Fsp3) is 0.542. The Labute approximate surface area is 221 Å². The zero-order chi connectivity index (χ0) is 26.6. The average Bonchev–Trinajstić information content (AvgIpc) is 3.08. The lowest BCUT2D eigenvalue weighted by atomic mass is 10.0. The Balaban J connectivity index is 1.77. The minimum atomic E-state index is -3.85. The van der Waals surface area contributed by atoms with Crippen molar-refractivity contribution in [3.63, 3.8) is 0 Å². The molecule has 1 fully saturated rings. The molecule has 9 nitrogen and oxygen atoms in total. The zero-order valence-corrected chi connectivity index (χ0v) is 23.5. The van der Waals surface area contributed by atoms with Crippen LogP contribution in [0.3, 0.4) is 0 Å². The molecule has 2 heterocycles. The molecule has 1 aromatic carbocycles. The molecule has 0 radical (unpaired) electrons. The van der Waals surface area contributed by atoms with Crippen molar-refractivity contribution in [1.29, 1.82) is 0 Å². The summed E-state index contributed by atoms with van der Waals surface area (Å²) < 4.78 is 39.3. The van der Waals surface area contributed by atoms with Crippen LogP contribution in [0.4, 0.5) is 0 Å². The fourth-order valence-corrected chi connectivity index (χ4v) is 6.17. The number of hydrogen-bond donors (Lipinski definition) is 2. The largest absolute Gasteiger partial charge is 0.463 e. The van der Waals surface area contributed by atoms with Gasteiger partial charge < -0.3 is 24.1 Å². The molecular formula is C24H33N2O7PS2. The van der Waals surface area contributed by atoms with E-state index in [-0.39, 0.29) is 24.8 Å². The lowest BCUT2D eigenvalue weighted by molar-refractivity contribution is -0.151. The van der Waals surface area contributed by atoms with E-state index in [0.29, 0.717) is 15.2 Å². The minimum absolute atomic E-state index is 0.200. The number of aliphatic hydroxyl groups is 1. The normalized spacial score (nSPS) is 24.3. The van der Waals surface area contributed by atoms with E-state index in [1.54, 1.807) is 61.9 Å². The number of ether oxygens (including phenoxy) is 2. The predicted molar refractivity (Wildman–Crippen MR) is 140 cm³/mol. The van der Waals surface area contributed by atoms with Crippen molar-refractivity contribution in [3.05, 3.63) is 51.5 Å². The van der Waals surface area contributed by atoms with Crippen LogP contribution in [0.25, 0.3) is 0 Å². The van der Waals surface area contributed by atoms with Crippen molar-refractivity contribution in [2.45, 2.75) is 59.2 Å². The maximum absolute atomic E-state index is 13.8. The number of esters is 1. The summed E-state index contributed by atoms with van der Waals surface area (Å²) in [6.07, 6.45) is -1.03. The summed E-state index contributed by atoms with van der Waals surface area (Å²) in [6.45, 7) is 8.56. The Morgan fingerprint density at radius 2 is 1.92 bits per heavy atom. The summed E-state index contributed by atoms with van der Waals surface area (Å²) >= 11 is 10.6. The van der Waals surface area contributed by atoms with Gasteiger partial charge in [0.15, 0.2) is 4.77 Å². The van der Waals surface area contributed by atoms with Crippen LogP contribution in [0.5, 0.6) is 5.75 Å². The van der Waals surface area contributed by atoms with Crippen molar-refractivity contribution in [3.8, 4) is 5.75 Å². The van der Waals surface area contributed by atoms with Gasteiger partial charge in [0, 0.05) is 17.7 Å². The summed E-state index contributed by atoms with van der Waals surface area (Å²) in [5, 5.41) is 10.9. The van der Waals surface area contributed by atoms with E-state index in [0.717, 1.165) is 5.56 Å². The van der Waals surface area contributed by atoms with Gasteiger partial charge in [0.25, 0.3) is 0 Å². The quantitative estimate of drug-likeness (QED) is 0.227. The number of benzene rings is 1. The molecule has 3 rings (SSSR count). The van der Waals surface area contributed by atoms with Crippen LogP contribution in [-0.4, -0.2) is 51.7 Å². The Hall–Kier alpha value is -1.88. The molecule has 2 aromatic rings. The molecule has 1 aliphatic rings. The number of carbonyl (C=O) groups is 1. The molecule has 0 aliphatic carbocycles. The topological polar surface area (TPSA) is 112 Å². The van der Waals surface area contributed by atoms with Crippen LogP contribution < -0.4 is 4.52 Å². The van der Waals surface area contributed by atoms with E-state index in [9.17, 15) is 14.5 Å². The molecule has 1 aromatic heterocycles. The molecule has 12 heteroatoms. The first kappa shape index (κ1) is 28.7. The number of aromatic amines is 1. The number of aromatic nitrogens is 2. The lowest BCUT2D eigenvalue weighted by Gasteiger charge is -2.24. The van der Waals surface area contributed by atoms with Crippen molar-refractivity contribution in [1.82, 2.24) is 9.55 Å². The Bertz CT molecular complexity index is 1220. The van der Waals surface area contributed by atoms with Gasteiger partial charge in [-0.15, -0.1) is 0 Å². The third-order valence-electron chi connectivity index (χ3n) is 5.78. The first-order valence-corrected chi connectivity index (χ1v) is 14.3. The lowest BCUT2D eigenvalue weighted by Crippen LogP contribution is -2.30. The SMILES string of the molecule is Cc1cn([C@H]2O[C@@H](CO[P@](=O)(C[C@@H](C)C(=O)OC(C)C)Oc3ccccc3)C(O)[C@H]2C)c(=S)[nH]c1=S. The predicted octanol–water partition coefficient (Wildman–Crippen LogP) is 5.35. The average molecular weight is 557 g/mol. The van der Waals surface area contributed by atoms with Crippen molar-refractivity contribution < 1.29 is 33.0 Å². The van der Waals surface area contributed by atoms with Gasteiger partial charge in [-0.2, -0.15) is 0 Å². The van der Waals surface area contributed by atoms with Gasteiger partial charge in [-0.05, 0) is 45.1 Å². The van der Waals surface area contributed by atoms with Crippen molar-refractivity contribution in [2.24, 2.45) is 11.8 Å². The van der Waals surface area contributed by atoms with Crippen LogP contribution >= 0.6 is 32.0 Å². The maximum Gasteiger partial charge on any atom is 0.380 e. The molecule has 0 bridgehead atoms. The summed E-state index contributed by atoms with van der Waals surface area (Å²) in [7, 11) is -3.85. The van der Waals surface area contributed by atoms with Crippen LogP contribution in [0, 0.1) is 28.2 Å². The van der Waals surface area contributed by atoms with E-state index < -0.39 is 37.9 Å². The van der Waals surface area contributed by atoms with Crippen LogP contribution in [0.1, 0.15) is 39.5 Å². The maximum atomic E-state index is 13.8. The number of nitrogens with one attached hydrogen (secondary N) is 1. The molecule has 1 saturated heterocycles. The van der Waals surface area contributed by atoms with Gasteiger partial charge in [0.2, 0.25) is 0 Å². The van der Waals surface area contributed by atoms with Gasteiger partial charge in [-0.25, -0.2) is 4.57 Å². The summed E-state index contributed by atoms with van der Waals surface area (Å²) in [4.78, 5) is 15.3. The molecule has 1 unspecified atom stereocenters. The first-order chi connectivity index (χ1) is 16.9. The Kier molecular flexibility index (Phi) is 9.65. The van der Waals surface area contributed by atoms with Gasteiger partial charge in [-0.3, -0.25) is 13.9 Å². The van der Waals surface area contributed by atoms with E-state index in [1.807, 2.05) is 13.8 Å². The second-order valence-electron chi connectivity index (χ2n) is 9.27. The van der Waals surface area contributed by atoms with Gasteiger partial charge in [0.05, 0.1) is 30.9 Å². The summed E-state index contributed by atoms with van der Waals surface area (Å²) in [6, 6.07) is 8.57. The first-order valence-electron chi connectivity index (χ1n) is 11.7. The van der Waals surface area contributed by atoms with Crippen LogP contribution in [0.2, 0.25) is 0 Å². The molecule has 198 valence electrons. The highest BCUT2D eigenvalue weighted by molar-refractivity contribution is 7.72. The van der Waals surface area contributed by atoms with Gasteiger partial charge in [0.1, 0.15) is 22.7 Å². The summed E-state index contributed by atoms with van der Waals surface area (Å²) in [5.74, 6) is -1.24. The van der Waals surface area contributed by atoms with Gasteiger partial charge in [-0.1, -0.05) is 44.3 Å². The van der Waals surface area contributed by atoms with Crippen molar-refractivity contribution >= 4 is 38.0 Å². The molecule has 36 heavy (non-hydrogen) atoms.